The van der Waals surface area contributed by atoms with Gasteiger partial charge >= 0.3 is 0 Å². The third-order valence-corrected chi connectivity index (χ3v) is 3.46. The Labute approximate surface area is 104 Å². The summed E-state index contributed by atoms with van der Waals surface area (Å²) in [6.45, 7) is 5.23. The molecule has 0 heterocycles. The minimum atomic E-state index is 0.817. The van der Waals surface area contributed by atoms with Crippen molar-refractivity contribution in [2.45, 2.75) is 33.1 Å². The summed E-state index contributed by atoms with van der Waals surface area (Å²) in [6, 6.07) is 8.49. The number of thioether (sulfide) groups is 1. The fourth-order valence-electron chi connectivity index (χ4n) is 1.51. The predicted molar refractivity (Wildman–Crippen MR) is 73.5 cm³/mol. The SMILES string of the molecule is CCCSCCOc1ccc(CCC)cc1. The van der Waals surface area contributed by atoms with Gasteiger partial charge in [-0.05, 0) is 36.3 Å². The summed E-state index contributed by atoms with van der Waals surface area (Å²) < 4.78 is 5.66. The number of hydrogen-bond donors (Lipinski definition) is 0. The van der Waals surface area contributed by atoms with E-state index < -0.39 is 0 Å². The number of aryl methyl sites for hydroxylation is 1. The molecule has 1 rings (SSSR count). The summed E-state index contributed by atoms with van der Waals surface area (Å²) >= 11 is 1.96. The molecule has 0 spiro atoms. The maximum Gasteiger partial charge on any atom is 0.119 e. The predicted octanol–water partition coefficient (Wildman–Crippen LogP) is 4.16. The van der Waals surface area contributed by atoms with Crippen molar-refractivity contribution in [1.29, 1.82) is 0 Å². The van der Waals surface area contributed by atoms with Crippen molar-refractivity contribution >= 4 is 11.8 Å². The molecule has 0 N–H and O–H groups in total. The zero-order chi connectivity index (χ0) is 11.6. The summed E-state index contributed by atoms with van der Waals surface area (Å²) in [4.78, 5) is 0. The summed E-state index contributed by atoms with van der Waals surface area (Å²) in [5.41, 5.74) is 1.40. The van der Waals surface area contributed by atoms with Crippen LogP contribution in [-0.4, -0.2) is 18.1 Å². The number of ether oxygens (including phenoxy) is 1. The van der Waals surface area contributed by atoms with E-state index in [1.54, 1.807) is 0 Å². The lowest BCUT2D eigenvalue weighted by Crippen LogP contribution is -2.00. The average molecular weight is 238 g/mol. The molecule has 0 aliphatic heterocycles. The van der Waals surface area contributed by atoms with E-state index in [9.17, 15) is 0 Å². The molecule has 1 nitrogen and oxygen atoms in total. The second-order valence-corrected chi connectivity index (χ2v) is 5.08. The molecule has 1 aromatic rings. The van der Waals surface area contributed by atoms with E-state index in [-0.39, 0.29) is 0 Å². The molecule has 0 saturated carbocycles. The van der Waals surface area contributed by atoms with E-state index >= 15 is 0 Å². The molecule has 0 aliphatic carbocycles. The van der Waals surface area contributed by atoms with Gasteiger partial charge in [0.05, 0.1) is 6.61 Å². The molecule has 0 atom stereocenters. The summed E-state index contributed by atoms with van der Waals surface area (Å²) in [6.07, 6.45) is 3.61. The van der Waals surface area contributed by atoms with Crippen molar-refractivity contribution in [3.8, 4) is 5.75 Å². The van der Waals surface area contributed by atoms with E-state index in [4.69, 9.17) is 4.74 Å². The average Bonchev–Trinajstić information content (AvgIpc) is 2.31. The van der Waals surface area contributed by atoms with Crippen molar-refractivity contribution in [3.63, 3.8) is 0 Å². The first-order chi connectivity index (χ1) is 7.86. The van der Waals surface area contributed by atoms with Crippen LogP contribution < -0.4 is 4.74 Å². The van der Waals surface area contributed by atoms with Gasteiger partial charge in [0.25, 0.3) is 0 Å². The van der Waals surface area contributed by atoms with Crippen LogP contribution >= 0.6 is 11.8 Å². The van der Waals surface area contributed by atoms with Crippen LogP contribution in [0.2, 0.25) is 0 Å². The Hall–Kier alpha value is -0.630. The first-order valence-electron chi connectivity index (χ1n) is 6.16. The van der Waals surface area contributed by atoms with E-state index in [1.165, 1.54) is 24.2 Å². The highest BCUT2D eigenvalue weighted by Crippen LogP contribution is 2.13. The lowest BCUT2D eigenvalue weighted by molar-refractivity contribution is 0.344. The topological polar surface area (TPSA) is 9.23 Å². The van der Waals surface area contributed by atoms with Crippen molar-refractivity contribution in [2.75, 3.05) is 18.1 Å². The Bertz CT molecular complexity index is 269. The van der Waals surface area contributed by atoms with Gasteiger partial charge in [-0.25, -0.2) is 0 Å². The standard InChI is InChI=1S/C14H22OS/c1-3-5-13-6-8-14(9-7-13)15-10-12-16-11-4-2/h6-9H,3-5,10-12H2,1-2H3. The normalized spacial score (nSPS) is 10.4. The first kappa shape index (κ1) is 13.4. The Morgan fingerprint density at radius 2 is 1.75 bits per heavy atom. The maximum absolute atomic E-state index is 5.66. The highest BCUT2D eigenvalue weighted by molar-refractivity contribution is 7.99. The lowest BCUT2D eigenvalue weighted by Gasteiger charge is -2.06. The molecular formula is C14H22OS. The maximum atomic E-state index is 5.66. The van der Waals surface area contributed by atoms with Crippen molar-refractivity contribution in [3.05, 3.63) is 29.8 Å². The third kappa shape index (κ3) is 5.45. The van der Waals surface area contributed by atoms with Gasteiger partial charge in [0.2, 0.25) is 0 Å². The van der Waals surface area contributed by atoms with Crippen LogP contribution in [0.5, 0.6) is 5.75 Å². The van der Waals surface area contributed by atoms with Crippen LogP contribution in [0.25, 0.3) is 0 Å². The number of benzene rings is 1. The lowest BCUT2D eigenvalue weighted by atomic mass is 10.1. The van der Waals surface area contributed by atoms with Gasteiger partial charge in [0, 0.05) is 5.75 Å². The Morgan fingerprint density at radius 3 is 2.38 bits per heavy atom. The number of hydrogen-bond acceptors (Lipinski definition) is 2. The van der Waals surface area contributed by atoms with E-state index in [1.807, 2.05) is 11.8 Å². The first-order valence-corrected chi connectivity index (χ1v) is 7.31. The van der Waals surface area contributed by atoms with Crippen LogP contribution in [-0.2, 0) is 6.42 Å². The van der Waals surface area contributed by atoms with Crippen molar-refractivity contribution < 1.29 is 4.74 Å². The largest absolute Gasteiger partial charge is 0.493 e. The van der Waals surface area contributed by atoms with Gasteiger partial charge in [0.15, 0.2) is 0 Å². The summed E-state index contributed by atoms with van der Waals surface area (Å²) in [5.74, 6) is 3.32. The van der Waals surface area contributed by atoms with Gasteiger partial charge in [0.1, 0.15) is 5.75 Å². The summed E-state index contributed by atoms with van der Waals surface area (Å²) in [7, 11) is 0. The fraction of sp³-hybridized carbons (Fsp3) is 0.571. The molecule has 0 aliphatic rings. The minimum absolute atomic E-state index is 0.817. The van der Waals surface area contributed by atoms with Crippen molar-refractivity contribution in [2.24, 2.45) is 0 Å². The number of rotatable bonds is 8. The molecule has 1 aromatic carbocycles. The minimum Gasteiger partial charge on any atom is -0.493 e. The molecule has 90 valence electrons. The van der Waals surface area contributed by atoms with E-state index in [0.717, 1.165) is 24.5 Å². The van der Waals surface area contributed by atoms with Crippen LogP contribution in [0, 0.1) is 0 Å². The Kier molecular flexibility index (Phi) is 7.15. The van der Waals surface area contributed by atoms with E-state index in [0.29, 0.717) is 0 Å². The second kappa shape index (κ2) is 8.51. The molecule has 2 heteroatoms. The van der Waals surface area contributed by atoms with Crippen LogP contribution in [0.4, 0.5) is 0 Å². The van der Waals surface area contributed by atoms with Crippen molar-refractivity contribution in [1.82, 2.24) is 0 Å². The summed E-state index contributed by atoms with van der Waals surface area (Å²) in [5, 5.41) is 0. The van der Waals surface area contributed by atoms with Gasteiger partial charge in [-0.2, -0.15) is 11.8 Å². The van der Waals surface area contributed by atoms with Crippen LogP contribution in [0.1, 0.15) is 32.3 Å². The smallest absolute Gasteiger partial charge is 0.119 e. The van der Waals surface area contributed by atoms with Gasteiger partial charge < -0.3 is 4.74 Å². The fourth-order valence-corrected chi connectivity index (χ4v) is 2.20. The Balaban J connectivity index is 2.21. The molecule has 0 saturated heterocycles. The Morgan fingerprint density at radius 1 is 1.00 bits per heavy atom. The molecule has 0 amide bonds. The molecule has 0 fully saturated rings. The molecule has 0 aromatic heterocycles. The van der Waals surface area contributed by atoms with Gasteiger partial charge in [-0.3, -0.25) is 0 Å². The molecule has 0 radical (unpaired) electrons. The monoisotopic (exact) mass is 238 g/mol. The van der Waals surface area contributed by atoms with E-state index in [2.05, 4.69) is 38.1 Å². The highest BCUT2D eigenvalue weighted by Gasteiger charge is 1.95. The zero-order valence-electron chi connectivity index (χ0n) is 10.4. The zero-order valence-corrected chi connectivity index (χ0v) is 11.2. The van der Waals surface area contributed by atoms with Gasteiger partial charge in [-0.15, -0.1) is 0 Å². The molecule has 16 heavy (non-hydrogen) atoms. The third-order valence-electron chi connectivity index (χ3n) is 2.31. The van der Waals surface area contributed by atoms with Gasteiger partial charge in [-0.1, -0.05) is 32.4 Å². The molecule has 0 bridgehead atoms. The highest BCUT2D eigenvalue weighted by atomic mass is 32.2. The second-order valence-electron chi connectivity index (χ2n) is 3.85. The van der Waals surface area contributed by atoms with Crippen LogP contribution in [0.15, 0.2) is 24.3 Å². The molecule has 0 unspecified atom stereocenters. The molecular weight excluding hydrogens is 216 g/mol. The van der Waals surface area contributed by atoms with Crippen LogP contribution in [0.3, 0.4) is 0 Å². The quantitative estimate of drug-likeness (QED) is 0.629.